The van der Waals surface area contributed by atoms with Crippen LogP contribution in [-0.2, 0) is 19.9 Å². The van der Waals surface area contributed by atoms with Crippen LogP contribution in [0.2, 0.25) is 0 Å². The summed E-state index contributed by atoms with van der Waals surface area (Å²) in [5, 5.41) is 2.66. The molecule has 1 aliphatic rings. The molecule has 1 atom stereocenters. The SMILES string of the molecule is CCCCOC(=O)CN1C(=O)NC(C)(c2ccccc2Br)C1=O. The predicted molar refractivity (Wildman–Crippen MR) is 87.6 cm³/mol. The Morgan fingerprint density at radius 3 is 2.70 bits per heavy atom. The van der Waals surface area contributed by atoms with Gasteiger partial charge in [0.15, 0.2) is 0 Å². The number of nitrogens with one attached hydrogen (secondary N) is 1. The van der Waals surface area contributed by atoms with Crippen LogP contribution in [-0.4, -0.2) is 36.0 Å². The van der Waals surface area contributed by atoms with E-state index < -0.39 is 23.4 Å². The van der Waals surface area contributed by atoms with Crippen molar-refractivity contribution in [3.8, 4) is 0 Å². The molecule has 2 rings (SSSR count). The molecule has 124 valence electrons. The number of unbranched alkanes of at least 4 members (excludes halogenated alkanes) is 1. The molecule has 23 heavy (non-hydrogen) atoms. The molecule has 1 saturated heterocycles. The Bertz CT molecular complexity index is 634. The van der Waals surface area contributed by atoms with Gasteiger partial charge in [-0.3, -0.25) is 14.5 Å². The number of rotatable bonds is 6. The smallest absolute Gasteiger partial charge is 0.326 e. The zero-order valence-electron chi connectivity index (χ0n) is 13.1. The van der Waals surface area contributed by atoms with E-state index in [-0.39, 0.29) is 6.54 Å². The maximum absolute atomic E-state index is 12.7. The fourth-order valence-electron chi connectivity index (χ4n) is 2.39. The van der Waals surface area contributed by atoms with Crippen LogP contribution in [0.4, 0.5) is 4.79 Å². The van der Waals surface area contributed by atoms with Gasteiger partial charge in [0.1, 0.15) is 12.1 Å². The predicted octanol–water partition coefficient (Wildman–Crippen LogP) is 2.56. The first-order valence-corrected chi connectivity index (χ1v) is 8.24. The van der Waals surface area contributed by atoms with Crippen molar-refractivity contribution < 1.29 is 19.1 Å². The zero-order chi connectivity index (χ0) is 17.0. The summed E-state index contributed by atoms with van der Waals surface area (Å²) in [6.07, 6.45) is 1.65. The molecule has 0 radical (unpaired) electrons. The lowest BCUT2D eigenvalue weighted by molar-refractivity contribution is -0.147. The van der Waals surface area contributed by atoms with Gasteiger partial charge in [0, 0.05) is 10.0 Å². The summed E-state index contributed by atoms with van der Waals surface area (Å²) in [4.78, 5) is 37.5. The lowest BCUT2D eigenvalue weighted by Gasteiger charge is -2.23. The van der Waals surface area contributed by atoms with Crippen LogP contribution in [0.5, 0.6) is 0 Å². The highest BCUT2D eigenvalue weighted by atomic mass is 79.9. The monoisotopic (exact) mass is 382 g/mol. The average molecular weight is 383 g/mol. The van der Waals surface area contributed by atoms with Crippen LogP contribution in [0.1, 0.15) is 32.3 Å². The molecular weight excluding hydrogens is 364 g/mol. The van der Waals surface area contributed by atoms with E-state index in [1.165, 1.54) is 0 Å². The summed E-state index contributed by atoms with van der Waals surface area (Å²) in [5.41, 5.74) is -0.568. The molecule has 1 unspecified atom stereocenters. The number of hydrogen-bond acceptors (Lipinski definition) is 4. The molecule has 7 heteroatoms. The molecular formula is C16H19BrN2O4. The quantitative estimate of drug-likeness (QED) is 0.466. The van der Waals surface area contributed by atoms with Gasteiger partial charge in [-0.05, 0) is 19.4 Å². The third-order valence-corrected chi connectivity index (χ3v) is 4.43. The number of halogens is 1. The number of carbonyl (C=O) groups is 3. The van der Waals surface area contributed by atoms with Crippen LogP contribution < -0.4 is 5.32 Å². The fraction of sp³-hybridized carbons (Fsp3) is 0.438. The number of esters is 1. The van der Waals surface area contributed by atoms with E-state index in [1.54, 1.807) is 25.1 Å². The molecule has 1 aliphatic heterocycles. The minimum absolute atomic E-state index is 0.292. The van der Waals surface area contributed by atoms with Crippen LogP contribution in [0.3, 0.4) is 0 Å². The summed E-state index contributed by atoms with van der Waals surface area (Å²) in [6, 6.07) is 6.56. The van der Waals surface area contributed by atoms with Crippen molar-refractivity contribution in [3.63, 3.8) is 0 Å². The lowest BCUT2D eigenvalue weighted by atomic mass is 9.92. The van der Waals surface area contributed by atoms with Gasteiger partial charge in [-0.25, -0.2) is 4.79 Å². The minimum atomic E-state index is -1.21. The summed E-state index contributed by atoms with van der Waals surface area (Å²) < 4.78 is 5.73. The molecule has 0 spiro atoms. The lowest BCUT2D eigenvalue weighted by Crippen LogP contribution is -2.42. The standard InChI is InChI=1S/C16H19BrN2O4/c1-3-4-9-23-13(20)10-19-14(21)16(2,18-15(19)22)11-7-5-6-8-12(11)17/h5-8H,3-4,9-10H2,1-2H3,(H,18,22). The maximum atomic E-state index is 12.7. The van der Waals surface area contributed by atoms with Crippen molar-refractivity contribution in [1.29, 1.82) is 0 Å². The number of imide groups is 1. The Morgan fingerprint density at radius 1 is 1.35 bits per heavy atom. The van der Waals surface area contributed by atoms with E-state index in [0.29, 0.717) is 16.6 Å². The number of benzene rings is 1. The average Bonchev–Trinajstić information content (AvgIpc) is 2.72. The van der Waals surface area contributed by atoms with Crippen molar-refractivity contribution >= 4 is 33.8 Å². The third-order valence-electron chi connectivity index (χ3n) is 3.74. The highest BCUT2D eigenvalue weighted by Gasteiger charge is 2.50. The van der Waals surface area contributed by atoms with Gasteiger partial charge in [-0.15, -0.1) is 0 Å². The number of carbonyl (C=O) groups excluding carboxylic acids is 3. The van der Waals surface area contributed by atoms with Gasteiger partial charge in [-0.1, -0.05) is 47.5 Å². The Balaban J connectivity index is 2.14. The second-order valence-electron chi connectivity index (χ2n) is 5.50. The highest BCUT2D eigenvalue weighted by molar-refractivity contribution is 9.10. The van der Waals surface area contributed by atoms with E-state index in [4.69, 9.17) is 4.74 Å². The Kier molecular flexibility index (Phi) is 5.41. The second kappa shape index (κ2) is 7.12. The van der Waals surface area contributed by atoms with Crippen molar-refractivity contribution in [3.05, 3.63) is 34.3 Å². The first kappa shape index (κ1) is 17.5. The van der Waals surface area contributed by atoms with Crippen LogP contribution in [0.15, 0.2) is 28.7 Å². The first-order valence-electron chi connectivity index (χ1n) is 7.45. The molecule has 0 aliphatic carbocycles. The third kappa shape index (κ3) is 3.55. The van der Waals surface area contributed by atoms with Gasteiger partial charge < -0.3 is 10.1 Å². The number of ether oxygens (including phenoxy) is 1. The summed E-state index contributed by atoms with van der Waals surface area (Å²) in [5.74, 6) is -1.06. The Hall–Kier alpha value is -1.89. The molecule has 0 bridgehead atoms. The molecule has 6 nitrogen and oxygen atoms in total. The zero-order valence-corrected chi connectivity index (χ0v) is 14.7. The van der Waals surface area contributed by atoms with Gasteiger partial charge >= 0.3 is 12.0 Å². The van der Waals surface area contributed by atoms with Gasteiger partial charge in [-0.2, -0.15) is 0 Å². The van der Waals surface area contributed by atoms with Crippen LogP contribution >= 0.6 is 15.9 Å². The molecule has 3 amide bonds. The molecule has 1 fully saturated rings. The second-order valence-corrected chi connectivity index (χ2v) is 6.35. The number of amides is 3. The fourth-order valence-corrected chi connectivity index (χ4v) is 3.08. The molecule has 1 heterocycles. The normalized spacial score (nSPS) is 20.6. The maximum Gasteiger partial charge on any atom is 0.326 e. The molecule has 0 aromatic heterocycles. The molecule has 1 aromatic rings. The Labute approximate surface area is 143 Å². The highest BCUT2D eigenvalue weighted by Crippen LogP contribution is 2.33. The van der Waals surface area contributed by atoms with Crippen molar-refractivity contribution in [1.82, 2.24) is 10.2 Å². The number of urea groups is 1. The molecule has 1 aromatic carbocycles. The van der Waals surface area contributed by atoms with Crippen LogP contribution in [0, 0.1) is 0 Å². The van der Waals surface area contributed by atoms with E-state index in [2.05, 4.69) is 21.2 Å². The van der Waals surface area contributed by atoms with Crippen molar-refractivity contribution in [2.75, 3.05) is 13.2 Å². The van der Waals surface area contributed by atoms with Gasteiger partial charge in [0.05, 0.1) is 6.61 Å². The van der Waals surface area contributed by atoms with Gasteiger partial charge in [0.2, 0.25) is 0 Å². The van der Waals surface area contributed by atoms with Crippen LogP contribution in [0.25, 0.3) is 0 Å². The van der Waals surface area contributed by atoms with E-state index in [9.17, 15) is 14.4 Å². The van der Waals surface area contributed by atoms with E-state index in [1.807, 2.05) is 13.0 Å². The first-order chi connectivity index (χ1) is 10.9. The number of nitrogens with zero attached hydrogens (tertiary/aromatic N) is 1. The molecule has 0 saturated carbocycles. The summed E-state index contributed by atoms with van der Waals surface area (Å²) in [7, 11) is 0. The largest absolute Gasteiger partial charge is 0.464 e. The molecule has 1 N–H and O–H groups in total. The summed E-state index contributed by atoms with van der Waals surface area (Å²) >= 11 is 3.39. The summed E-state index contributed by atoms with van der Waals surface area (Å²) in [6.45, 7) is 3.51. The van der Waals surface area contributed by atoms with E-state index in [0.717, 1.165) is 17.7 Å². The van der Waals surface area contributed by atoms with Crippen molar-refractivity contribution in [2.45, 2.75) is 32.2 Å². The van der Waals surface area contributed by atoms with E-state index >= 15 is 0 Å². The van der Waals surface area contributed by atoms with Gasteiger partial charge in [0.25, 0.3) is 5.91 Å². The minimum Gasteiger partial charge on any atom is -0.464 e. The topological polar surface area (TPSA) is 75.7 Å². The Morgan fingerprint density at radius 2 is 2.04 bits per heavy atom. The van der Waals surface area contributed by atoms with Crippen molar-refractivity contribution in [2.24, 2.45) is 0 Å². The number of hydrogen-bond donors (Lipinski definition) is 1.